The number of carbonyl (C=O) groups is 1. The Morgan fingerprint density at radius 3 is 3.00 bits per heavy atom. The highest BCUT2D eigenvalue weighted by molar-refractivity contribution is 7.10. The molecule has 0 aromatic carbocycles. The number of likely N-dealkylation sites (tertiary alicyclic amines) is 1. The summed E-state index contributed by atoms with van der Waals surface area (Å²) >= 11 is 1.82. The molecule has 4 heterocycles. The topological polar surface area (TPSA) is 50.6 Å². The third-order valence-electron chi connectivity index (χ3n) is 5.32. The summed E-state index contributed by atoms with van der Waals surface area (Å²) in [6, 6.07) is 2.38. The van der Waals surface area contributed by atoms with Gasteiger partial charge in [-0.2, -0.15) is 0 Å². The van der Waals surface area contributed by atoms with Crippen molar-refractivity contribution in [3.8, 4) is 0 Å². The van der Waals surface area contributed by atoms with E-state index >= 15 is 0 Å². The molecule has 0 unspecified atom stereocenters. The van der Waals surface area contributed by atoms with Crippen LogP contribution in [0.25, 0.3) is 0 Å². The summed E-state index contributed by atoms with van der Waals surface area (Å²) in [6.07, 6.45) is 6.06. The van der Waals surface area contributed by atoms with Crippen molar-refractivity contribution in [2.45, 2.75) is 38.9 Å². The first-order valence-corrected chi connectivity index (χ1v) is 10.2. The molecule has 4 rings (SSSR count). The van der Waals surface area contributed by atoms with Crippen LogP contribution in [0.1, 0.15) is 35.0 Å². The average molecular weight is 375 g/mol. The number of imidazole rings is 1. The van der Waals surface area contributed by atoms with Crippen molar-refractivity contribution in [2.24, 2.45) is 0 Å². The number of aryl methyl sites for hydroxylation is 1. The van der Waals surface area contributed by atoms with Crippen LogP contribution in [0.15, 0.2) is 24.0 Å². The summed E-state index contributed by atoms with van der Waals surface area (Å²) in [4.78, 5) is 22.3. The number of carbonyl (C=O) groups excluding carboxylic acids is 1. The second-order valence-electron chi connectivity index (χ2n) is 7.25. The first-order valence-electron chi connectivity index (χ1n) is 9.32. The van der Waals surface area contributed by atoms with E-state index in [4.69, 9.17) is 4.74 Å². The smallest absolute Gasteiger partial charge is 0.248 e. The molecule has 0 spiro atoms. The predicted octanol–water partition coefficient (Wildman–Crippen LogP) is 2.45. The molecular weight excluding hydrogens is 348 g/mol. The monoisotopic (exact) mass is 374 g/mol. The van der Waals surface area contributed by atoms with E-state index in [0.717, 1.165) is 45.6 Å². The van der Waals surface area contributed by atoms with E-state index in [1.165, 1.54) is 16.1 Å². The Morgan fingerprint density at radius 1 is 1.38 bits per heavy atom. The minimum atomic E-state index is 0.121. The van der Waals surface area contributed by atoms with Crippen molar-refractivity contribution in [2.75, 3.05) is 32.8 Å². The molecule has 6 nitrogen and oxygen atoms in total. The summed E-state index contributed by atoms with van der Waals surface area (Å²) in [5, 5.41) is 2.16. The van der Waals surface area contributed by atoms with E-state index in [0.29, 0.717) is 6.61 Å². The second kappa shape index (κ2) is 7.90. The molecule has 0 radical (unpaired) electrons. The van der Waals surface area contributed by atoms with Crippen LogP contribution in [-0.2, 0) is 22.6 Å². The van der Waals surface area contributed by atoms with Crippen molar-refractivity contribution >= 4 is 17.2 Å². The Hall–Kier alpha value is -1.70. The highest BCUT2D eigenvalue weighted by atomic mass is 32.1. The number of amides is 1. The summed E-state index contributed by atoms with van der Waals surface area (Å²) in [5.74, 6) is 0.121. The van der Waals surface area contributed by atoms with E-state index in [-0.39, 0.29) is 18.6 Å². The third-order valence-corrected chi connectivity index (χ3v) is 6.33. The second-order valence-corrected chi connectivity index (χ2v) is 8.25. The molecule has 1 fully saturated rings. The number of aromatic nitrogens is 2. The first kappa shape index (κ1) is 17.7. The standard InChI is InChI=1S/C19H26N4O2S/c1-15-4-7-26-18(15)11-21-9-16-8-20-14-23(16)17(10-21)12-25-13-19(24)22-5-2-3-6-22/h4,7-8,14,17H,2-3,5-6,9-13H2,1H3/t17-/m1/s1. The summed E-state index contributed by atoms with van der Waals surface area (Å²) in [7, 11) is 0. The maximum Gasteiger partial charge on any atom is 0.248 e. The summed E-state index contributed by atoms with van der Waals surface area (Å²) < 4.78 is 8.02. The van der Waals surface area contributed by atoms with Crippen molar-refractivity contribution < 1.29 is 9.53 Å². The Morgan fingerprint density at radius 2 is 2.23 bits per heavy atom. The number of ether oxygens (including phenoxy) is 1. The van der Waals surface area contributed by atoms with Crippen LogP contribution < -0.4 is 0 Å². The number of hydrogen-bond acceptors (Lipinski definition) is 5. The Kier molecular flexibility index (Phi) is 5.38. The molecule has 2 aromatic heterocycles. The largest absolute Gasteiger partial charge is 0.369 e. The van der Waals surface area contributed by atoms with Gasteiger partial charge in [0.2, 0.25) is 5.91 Å². The zero-order valence-corrected chi connectivity index (χ0v) is 16.1. The van der Waals surface area contributed by atoms with Crippen molar-refractivity contribution in [3.05, 3.63) is 40.1 Å². The summed E-state index contributed by atoms with van der Waals surface area (Å²) in [6.45, 7) is 7.44. The van der Waals surface area contributed by atoms with Gasteiger partial charge in [0, 0.05) is 43.8 Å². The molecule has 0 aliphatic carbocycles. The fourth-order valence-corrected chi connectivity index (χ4v) is 4.77. The lowest BCUT2D eigenvalue weighted by molar-refractivity contribution is -0.135. The van der Waals surface area contributed by atoms with Crippen LogP contribution in [0.5, 0.6) is 0 Å². The van der Waals surface area contributed by atoms with Gasteiger partial charge in [-0.15, -0.1) is 11.3 Å². The van der Waals surface area contributed by atoms with Crippen molar-refractivity contribution in [1.29, 1.82) is 0 Å². The minimum absolute atomic E-state index is 0.121. The van der Waals surface area contributed by atoms with E-state index in [9.17, 15) is 4.79 Å². The van der Waals surface area contributed by atoms with Gasteiger partial charge in [0.1, 0.15) is 6.61 Å². The SMILES string of the molecule is Cc1ccsc1CN1Cc2cncn2[C@@H](COCC(=O)N2CCCC2)C1. The van der Waals surface area contributed by atoms with Gasteiger partial charge >= 0.3 is 0 Å². The zero-order valence-electron chi connectivity index (χ0n) is 15.3. The Labute approximate surface area is 158 Å². The molecular formula is C19H26N4O2S. The quantitative estimate of drug-likeness (QED) is 0.779. The number of fused-ring (bicyclic) bond motifs is 1. The number of hydrogen-bond donors (Lipinski definition) is 0. The molecule has 7 heteroatoms. The van der Waals surface area contributed by atoms with Gasteiger partial charge in [-0.05, 0) is 36.8 Å². The third kappa shape index (κ3) is 3.84. The van der Waals surface area contributed by atoms with Gasteiger partial charge < -0.3 is 14.2 Å². The van der Waals surface area contributed by atoms with Gasteiger partial charge in [-0.1, -0.05) is 0 Å². The van der Waals surface area contributed by atoms with Crippen molar-refractivity contribution in [3.63, 3.8) is 0 Å². The van der Waals surface area contributed by atoms with E-state index in [1.807, 2.05) is 28.8 Å². The molecule has 2 aliphatic heterocycles. The fraction of sp³-hybridized carbons (Fsp3) is 0.579. The molecule has 0 bridgehead atoms. The van der Waals surface area contributed by atoms with Gasteiger partial charge in [0.05, 0.1) is 24.7 Å². The molecule has 1 atom stereocenters. The van der Waals surface area contributed by atoms with Gasteiger partial charge in [0.15, 0.2) is 0 Å². The van der Waals surface area contributed by atoms with Crippen LogP contribution >= 0.6 is 11.3 Å². The molecule has 26 heavy (non-hydrogen) atoms. The zero-order chi connectivity index (χ0) is 17.9. The molecule has 2 aromatic rings. The maximum absolute atomic E-state index is 12.2. The molecule has 140 valence electrons. The minimum Gasteiger partial charge on any atom is -0.369 e. The number of nitrogens with zero attached hydrogens (tertiary/aromatic N) is 4. The van der Waals surface area contributed by atoms with E-state index < -0.39 is 0 Å². The lowest BCUT2D eigenvalue weighted by atomic mass is 10.2. The predicted molar refractivity (Wildman–Crippen MR) is 101 cm³/mol. The number of thiophene rings is 1. The van der Waals surface area contributed by atoms with Gasteiger partial charge in [-0.3, -0.25) is 9.69 Å². The van der Waals surface area contributed by atoms with Gasteiger partial charge in [0.25, 0.3) is 0 Å². The molecule has 0 saturated carbocycles. The lowest BCUT2D eigenvalue weighted by Gasteiger charge is -2.34. The number of rotatable bonds is 6. The molecule has 0 N–H and O–H groups in total. The molecule has 1 saturated heterocycles. The normalized spacial score (nSPS) is 20.5. The lowest BCUT2D eigenvalue weighted by Crippen LogP contribution is -2.39. The highest BCUT2D eigenvalue weighted by Crippen LogP contribution is 2.25. The van der Waals surface area contributed by atoms with Crippen LogP contribution in [0.4, 0.5) is 0 Å². The van der Waals surface area contributed by atoms with Gasteiger partial charge in [-0.25, -0.2) is 4.98 Å². The highest BCUT2D eigenvalue weighted by Gasteiger charge is 2.26. The summed E-state index contributed by atoms with van der Waals surface area (Å²) in [5.41, 5.74) is 2.57. The van der Waals surface area contributed by atoms with Crippen LogP contribution in [0.3, 0.4) is 0 Å². The Balaban J connectivity index is 1.35. The first-order chi connectivity index (χ1) is 12.7. The Bertz CT molecular complexity index is 750. The van der Waals surface area contributed by atoms with E-state index in [1.54, 1.807) is 0 Å². The fourth-order valence-electron chi connectivity index (χ4n) is 3.83. The van der Waals surface area contributed by atoms with Crippen molar-refractivity contribution in [1.82, 2.24) is 19.4 Å². The average Bonchev–Trinajstić information content (AvgIpc) is 3.37. The van der Waals surface area contributed by atoms with Crippen LogP contribution in [-0.4, -0.2) is 58.1 Å². The molecule has 1 amide bonds. The van der Waals surface area contributed by atoms with E-state index in [2.05, 4.69) is 32.8 Å². The molecule has 2 aliphatic rings. The van der Waals surface area contributed by atoms with Crippen LogP contribution in [0, 0.1) is 6.92 Å². The maximum atomic E-state index is 12.2. The van der Waals surface area contributed by atoms with Crippen LogP contribution in [0.2, 0.25) is 0 Å².